The Balaban J connectivity index is 3.15. The van der Waals surface area contributed by atoms with Gasteiger partial charge in [0.25, 0.3) is 0 Å². The lowest BCUT2D eigenvalue weighted by Gasteiger charge is -2.28. The quantitative estimate of drug-likeness (QED) is 0.747. The van der Waals surface area contributed by atoms with Crippen molar-refractivity contribution in [1.82, 2.24) is 0 Å². The van der Waals surface area contributed by atoms with Crippen molar-refractivity contribution in [1.29, 1.82) is 0 Å². The SMILES string of the molecule is CCOP(=O)(OCC)C(C(C)=O)C(N)c1ccccc1. The van der Waals surface area contributed by atoms with Gasteiger partial charge in [0.05, 0.1) is 19.3 Å². The molecule has 20 heavy (non-hydrogen) atoms. The van der Waals surface area contributed by atoms with Gasteiger partial charge in [-0.15, -0.1) is 0 Å². The van der Waals surface area contributed by atoms with Gasteiger partial charge in [0.1, 0.15) is 11.4 Å². The summed E-state index contributed by atoms with van der Waals surface area (Å²) in [5.74, 6) is -0.299. The van der Waals surface area contributed by atoms with Crippen molar-refractivity contribution in [3.05, 3.63) is 35.9 Å². The highest BCUT2D eigenvalue weighted by atomic mass is 31.2. The van der Waals surface area contributed by atoms with Crippen LogP contribution in [0.3, 0.4) is 0 Å². The molecular formula is C14H22NO4P. The predicted molar refractivity (Wildman–Crippen MR) is 78.7 cm³/mol. The molecular weight excluding hydrogens is 277 g/mol. The number of hydrogen-bond acceptors (Lipinski definition) is 5. The van der Waals surface area contributed by atoms with E-state index in [1.807, 2.05) is 18.2 Å². The summed E-state index contributed by atoms with van der Waals surface area (Å²) in [7, 11) is -3.58. The van der Waals surface area contributed by atoms with Crippen LogP contribution in [0.4, 0.5) is 0 Å². The Hall–Kier alpha value is -1.00. The number of nitrogens with two attached hydrogens (primary N) is 1. The maximum absolute atomic E-state index is 12.8. The average Bonchev–Trinajstić information content (AvgIpc) is 2.39. The molecule has 0 bridgehead atoms. The van der Waals surface area contributed by atoms with Gasteiger partial charge in [0, 0.05) is 0 Å². The molecule has 0 aliphatic heterocycles. The second kappa shape index (κ2) is 7.70. The highest BCUT2D eigenvalue weighted by molar-refractivity contribution is 7.55. The molecule has 0 aliphatic carbocycles. The monoisotopic (exact) mass is 299 g/mol. The summed E-state index contributed by atoms with van der Waals surface area (Å²) in [6, 6.07) is 8.35. The van der Waals surface area contributed by atoms with Crippen LogP contribution in [0.25, 0.3) is 0 Å². The van der Waals surface area contributed by atoms with Crippen molar-refractivity contribution >= 4 is 13.4 Å². The topological polar surface area (TPSA) is 78.6 Å². The molecule has 0 heterocycles. The second-order valence-electron chi connectivity index (χ2n) is 4.37. The lowest BCUT2D eigenvalue weighted by molar-refractivity contribution is -0.117. The molecule has 2 atom stereocenters. The summed E-state index contributed by atoms with van der Waals surface area (Å²) in [5, 5.41) is 0. The molecule has 2 unspecified atom stereocenters. The van der Waals surface area contributed by atoms with E-state index in [-0.39, 0.29) is 19.0 Å². The third-order valence-electron chi connectivity index (χ3n) is 2.90. The van der Waals surface area contributed by atoms with Crippen molar-refractivity contribution in [3.63, 3.8) is 0 Å². The zero-order valence-electron chi connectivity index (χ0n) is 12.1. The summed E-state index contributed by atoms with van der Waals surface area (Å²) in [6.45, 7) is 5.16. The maximum atomic E-state index is 12.8. The number of Topliss-reactive ketones (excluding diaryl/α,β-unsaturated/α-hetero) is 1. The van der Waals surface area contributed by atoms with Crippen molar-refractivity contribution in [2.45, 2.75) is 32.5 Å². The predicted octanol–water partition coefficient (Wildman–Crippen LogP) is 2.91. The fraction of sp³-hybridized carbons (Fsp3) is 0.500. The molecule has 6 heteroatoms. The van der Waals surface area contributed by atoms with Gasteiger partial charge in [-0.2, -0.15) is 0 Å². The van der Waals surface area contributed by atoms with Gasteiger partial charge < -0.3 is 14.8 Å². The molecule has 1 aromatic rings. The van der Waals surface area contributed by atoms with Gasteiger partial charge in [0.15, 0.2) is 0 Å². The van der Waals surface area contributed by atoms with Crippen LogP contribution in [-0.4, -0.2) is 24.7 Å². The van der Waals surface area contributed by atoms with E-state index in [9.17, 15) is 9.36 Å². The molecule has 1 rings (SSSR count). The third-order valence-corrected chi connectivity index (χ3v) is 5.50. The summed E-state index contributed by atoms with van der Waals surface area (Å²) >= 11 is 0. The first-order valence-electron chi connectivity index (χ1n) is 6.66. The van der Waals surface area contributed by atoms with Crippen LogP contribution < -0.4 is 5.73 Å². The first-order chi connectivity index (χ1) is 9.46. The molecule has 112 valence electrons. The number of carbonyl (C=O) groups excluding carboxylic acids is 1. The Labute approximate surface area is 120 Å². The first-order valence-corrected chi connectivity index (χ1v) is 8.27. The van der Waals surface area contributed by atoms with Gasteiger partial charge >= 0.3 is 7.60 Å². The van der Waals surface area contributed by atoms with Gasteiger partial charge in [0.2, 0.25) is 0 Å². The van der Waals surface area contributed by atoms with Crippen LogP contribution in [0, 0.1) is 0 Å². The fourth-order valence-electron chi connectivity index (χ4n) is 2.09. The minimum Gasteiger partial charge on any atom is -0.323 e. The van der Waals surface area contributed by atoms with Crippen LogP contribution in [0.5, 0.6) is 0 Å². The fourth-order valence-corrected chi connectivity index (χ4v) is 4.21. The van der Waals surface area contributed by atoms with Crippen LogP contribution in [0.15, 0.2) is 30.3 Å². The zero-order chi connectivity index (χ0) is 15.2. The summed E-state index contributed by atoms with van der Waals surface area (Å²) in [5.41, 5.74) is 5.87. The molecule has 0 spiro atoms. The number of benzene rings is 1. The molecule has 5 nitrogen and oxygen atoms in total. The lowest BCUT2D eigenvalue weighted by atomic mass is 10.0. The van der Waals surface area contributed by atoms with E-state index in [4.69, 9.17) is 14.8 Å². The maximum Gasteiger partial charge on any atom is 0.343 e. The van der Waals surface area contributed by atoms with Crippen LogP contribution in [0.1, 0.15) is 32.4 Å². The third kappa shape index (κ3) is 4.00. The standard InChI is InChI=1S/C14H22NO4P/c1-4-18-20(17,19-5-2)14(11(3)16)13(15)12-9-7-6-8-10-12/h6-10,13-14H,4-5,15H2,1-3H3. The van der Waals surface area contributed by atoms with Crippen molar-refractivity contribution in [2.24, 2.45) is 5.73 Å². The van der Waals surface area contributed by atoms with Crippen LogP contribution in [0.2, 0.25) is 0 Å². The van der Waals surface area contributed by atoms with E-state index in [0.717, 1.165) is 5.56 Å². The Morgan fingerprint density at radius 2 is 1.70 bits per heavy atom. The Morgan fingerprint density at radius 3 is 2.10 bits per heavy atom. The van der Waals surface area contributed by atoms with Crippen molar-refractivity contribution in [3.8, 4) is 0 Å². The second-order valence-corrected chi connectivity index (χ2v) is 6.52. The molecule has 0 radical (unpaired) electrons. The molecule has 0 saturated heterocycles. The largest absolute Gasteiger partial charge is 0.343 e. The average molecular weight is 299 g/mol. The normalized spacial score (nSPS) is 14.8. The van der Waals surface area contributed by atoms with Gasteiger partial charge in [-0.3, -0.25) is 9.36 Å². The molecule has 0 aliphatic rings. The van der Waals surface area contributed by atoms with E-state index in [0.29, 0.717) is 0 Å². The van der Waals surface area contributed by atoms with E-state index in [1.165, 1.54) is 6.92 Å². The van der Waals surface area contributed by atoms with Crippen molar-refractivity contribution in [2.75, 3.05) is 13.2 Å². The highest BCUT2D eigenvalue weighted by Crippen LogP contribution is 2.56. The Bertz CT molecular complexity index is 467. The van der Waals surface area contributed by atoms with E-state index in [1.54, 1.807) is 26.0 Å². The molecule has 0 fully saturated rings. The molecule has 0 aromatic heterocycles. The summed E-state index contributed by atoms with van der Waals surface area (Å²) in [4.78, 5) is 11.9. The number of hydrogen-bond donors (Lipinski definition) is 1. The zero-order valence-corrected chi connectivity index (χ0v) is 13.0. The Kier molecular flexibility index (Phi) is 6.56. The molecule has 1 aromatic carbocycles. The van der Waals surface area contributed by atoms with Gasteiger partial charge in [-0.1, -0.05) is 30.3 Å². The highest BCUT2D eigenvalue weighted by Gasteiger charge is 2.43. The van der Waals surface area contributed by atoms with Gasteiger partial charge in [-0.25, -0.2) is 0 Å². The van der Waals surface area contributed by atoms with Crippen LogP contribution >= 0.6 is 7.60 Å². The summed E-state index contributed by atoms with van der Waals surface area (Å²) < 4.78 is 23.4. The minimum atomic E-state index is -3.58. The van der Waals surface area contributed by atoms with E-state index < -0.39 is 19.3 Å². The van der Waals surface area contributed by atoms with Crippen LogP contribution in [-0.2, 0) is 18.4 Å². The van der Waals surface area contributed by atoms with Gasteiger partial charge in [-0.05, 0) is 26.3 Å². The Morgan fingerprint density at radius 1 is 1.20 bits per heavy atom. The minimum absolute atomic E-state index is 0.197. The van der Waals surface area contributed by atoms with Crippen molar-refractivity contribution < 1.29 is 18.4 Å². The first kappa shape index (κ1) is 17.1. The lowest BCUT2D eigenvalue weighted by Crippen LogP contribution is -2.33. The number of ketones is 1. The number of carbonyl (C=O) groups is 1. The smallest absolute Gasteiger partial charge is 0.323 e. The molecule has 2 N–H and O–H groups in total. The number of rotatable bonds is 8. The van der Waals surface area contributed by atoms with E-state index >= 15 is 0 Å². The molecule has 0 amide bonds. The molecule has 0 saturated carbocycles. The van der Waals surface area contributed by atoms with E-state index in [2.05, 4.69) is 0 Å². The summed E-state index contributed by atoms with van der Waals surface area (Å²) in [6.07, 6.45) is 0.